The first-order valence-electron chi connectivity index (χ1n) is 11.9. The third kappa shape index (κ3) is 3.08. The number of benzene rings is 5. The van der Waals surface area contributed by atoms with Crippen LogP contribution in [0.5, 0.6) is 0 Å². The van der Waals surface area contributed by atoms with E-state index >= 15 is 0 Å². The van der Waals surface area contributed by atoms with Crippen molar-refractivity contribution in [1.82, 2.24) is 4.57 Å². The van der Waals surface area contributed by atoms with E-state index in [1.54, 1.807) is 0 Å². The van der Waals surface area contributed by atoms with Gasteiger partial charge >= 0.3 is 0 Å². The molecular formula is C32H22N2OS. The van der Waals surface area contributed by atoms with Crippen molar-refractivity contribution in [2.75, 3.05) is 0 Å². The van der Waals surface area contributed by atoms with Crippen LogP contribution in [0.2, 0.25) is 0 Å². The van der Waals surface area contributed by atoms with Crippen molar-refractivity contribution in [1.29, 1.82) is 0 Å². The van der Waals surface area contributed by atoms with Crippen molar-refractivity contribution in [3.8, 4) is 27.9 Å². The third-order valence-corrected chi connectivity index (χ3v) is 9.09. The summed E-state index contributed by atoms with van der Waals surface area (Å²) in [6.45, 7) is 0. The molecule has 0 saturated heterocycles. The van der Waals surface area contributed by atoms with Crippen LogP contribution in [0.15, 0.2) is 148 Å². The SMILES string of the molecule is O=S1(c2ccccc2)=Nc2c(c3ccccc3n2-c2ccccc2)-c2cc(-c3ccccc3)ccc21. The Balaban J connectivity index is 1.65. The molecule has 6 aromatic rings. The first-order valence-corrected chi connectivity index (χ1v) is 13.5. The molecule has 0 radical (unpaired) electrons. The first-order chi connectivity index (χ1) is 17.7. The van der Waals surface area contributed by atoms with E-state index in [9.17, 15) is 4.21 Å². The van der Waals surface area contributed by atoms with Crippen LogP contribution in [0, 0.1) is 0 Å². The molecule has 0 fully saturated rings. The average molecular weight is 483 g/mol. The Morgan fingerprint density at radius 3 is 2.00 bits per heavy atom. The van der Waals surface area contributed by atoms with E-state index in [0.29, 0.717) is 4.90 Å². The molecule has 0 aliphatic carbocycles. The number of rotatable bonds is 3. The van der Waals surface area contributed by atoms with Crippen LogP contribution in [0.1, 0.15) is 0 Å². The molecule has 1 unspecified atom stereocenters. The van der Waals surface area contributed by atoms with E-state index in [4.69, 9.17) is 4.36 Å². The van der Waals surface area contributed by atoms with Crippen molar-refractivity contribution in [3.05, 3.63) is 133 Å². The summed E-state index contributed by atoms with van der Waals surface area (Å²) < 4.78 is 22.2. The van der Waals surface area contributed by atoms with Gasteiger partial charge in [0.25, 0.3) is 0 Å². The zero-order valence-electron chi connectivity index (χ0n) is 19.4. The van der Waals surface area contributed by atoms with Gasteiger partial charge in [-0.3, -0.25) is 4.57 Å². The monoisotopic (exact) mass is 482 g/mol. The quantitative estimate of drug-likeness (QED) is 0.249. The Bertz CT molecular complexity index is 1860. The number of hydrogen-bond acceptors (Lipinski definition) is 2. The van der Waals surface area contributed by atoms with Gasteiger partial charge in [0.1, 0.15) is 9.73 Å². The molecule has 1 atom stereocenters. The van der Waals surface area contributed by atoms with Gasteiger partial charge in [-0.25, -0.2) is 4.21 Å². The largest absolute Gasteiger partial charge is 0.293 e. The molecule has 2 heterocycles. The van der Waals surface area contributed by atoms with Crippen LogP contribution in [0.25, 0.3) is 38.8 Å². The predicted molar refractivity (Wildman–Crippen MR) is 147 cm³/mol. The standard InChI is InChI=1S/C32H22N2OS/c35-36(26-16-8-3-9-17-26)30-21-20-24(23-12-4-1-5-13-23)22-28(30)31-27-18-10-11-19-29(27)34(32(31)33-36)25-14-6-2-7-15-25/h1-22H. The van der Waals surface area contributed by atoms with E-state index < -0.39 is 9.73 Å². The lowest BCUT2D eigenvalue weighted by Crippen LogP contribution is -2.08. The first kappa shape index (κ1) is 20.9. The summed E-state index contributed by atoms with van der Waals surface area (Å²) in [5, 5.41) is 1.10. The van der Waals surface area contributed by atoms with Gasteiger partial charge in [-0.15, -0.1) is 0 Å². The van der Waals surface area contributed by atoms with Crippen LogP contribution < -0.4 is 0 Å². The molecule has 0 N–H and O–H groups in total. The molecular weight excluding hydrogens is 460 g/mol. The Morgan fingerprint density at radius 2 is 1.25 bits per heavy atom. The molecule has 7 rings (SSSR count). The topological polar surface area (TPSA) is 34.4 Å². The van der Waals surface area contributed by atoms with Gasteiger partial charge in [-0.2, -0.15) is 4.36 Å². The summed E-state index contributed by atoms with van der Waals surface area (Å²) >= 11 is 0. The van der Waals surface area contributed by atoms with Crippen molar-refractivity contribution in [3.63, 3.8) is 0 Å². The second-order valence-electron chi connectivity index (χ2n) is 8.89. The minimum atomic E-state index is -2.91. The highest BCUT2D eigenvalue weighted by atomic mass is 32.2. The summed E-state index contributed by atoms with van der Waals surface area (Å²) in [6, 6.07) is 44.8. The van der Waals surface area contributed by atoms with Gasteiger partial charge in [0.15, 0.2) is 5.82 Å². The summed E-state index contributed by atoms with van der Waals surface area (Å²) in [5.74, 6) is 0.731. The fraction of sp³-hybridized carbons (Fsp3) is 0. The summed E-state index contributed by atoms with van der Waals surface area (Å²) in [7, 11) is -2.91. The molecule has 1 aliphatic rings. The van der Waals surface area contributed by atoms with Crippen molar-refractivity contribution in [2.45, 2.75) is 9.79 Å². The highest BCUT2D eigenvalue weighted by Crippen LogP contribution is 2.50. The van der Waals surface area contributed by atoms with E-state index in [0.717, 1.165) is 49.6 Å². The van der Waals surface area contributed by atoms with Gasteiger partial charge in [0.05, 0.1) is 15.3 Å². The Hall–Kier alpha value is -4.41. The molecule has 0 saturated carbocycles. The molecule has 0 amide bonds. The number of hydrogen-bond donors (Lipinski definition) is 0. The maximum atomic E-state index is 14.9. The van der Waals surface area contributed by atoms with Crippen LogP contribution in [-0.2, 0) is 9.73 Å². The molecule has 172 valence electrons. The molecule has 4 heteroatoms. The lowest BCUT2D eigenvalue weighted by Gasteiger charge is -2.22. The van der Waals surface area contributed by atoms with Gasteiger partial charge in [0.2, 0.25) is 0 Å². The normalized spacial score (nSPS) is 16.2. The summed E-state index contributed by atoms with van der Waals surface area (Å²) in [5.41, 5.74) is 6.26. The molecule has 0 bridgehead atoms. The smallest absolute Gasteiger partial charge is 0.156 e. The number of fused-ring (bicyclic) bond motifs is 5. The van der Waals surface area contributed by atoms with Crippen LogP contribution in [0.3, 0.4) is 0 Å². The highest BCUT2D eigenvalue weighted by molar-refractivity contribution is 7.94. The second kappa shape index (κ2) is 8.08. The van der Waals surface area contributed by atoms with E-state index in [2.05, 4.69) is 59.2 Å². The minimum absolute atomic E-state index is 0.717. The summed E-state index contributed by atoms with van der Waals surface area (Å²) in [6.07, 6.45) is 0. The summed E-state index contributed by atoms with van der Waals surface area (Å²) in [4.78, 5) is 1.48. The second-order valence-corrected chi connectivity index (χ2v) is 11.0. The van der Waals surface area contributed by atoms with Crippen molar-refractivity contribution < 1.29 is 4.21 Å². The molecule has 36 heavy (non-hydrogen) atoms. The number of nitrogens with zero attached hydrogens (tertiary/aromatic N) is 2. The Labute approximate surface area is 210 Å². The Morgan fingerprint density at radius 1 is 0.611 bits per heavy atom. The lowest BCUT2D eigenvalue weighted by molar-refractivity contribution is 0.676. The van der Waals surface area contributed by atoms with Crippen LogP contribution in [0.4, 0.5) is 5.82 Å². The van der Waals surface area contributed by atoms with Crippen LogP contribution >= 0.6 is 0 Å². The molecule has 3 nitrogen and oxygen atoms in total. The van der Waals surface area contributed by atoms with Gasteiger partial charge in [-0.1, -0.05) is 91.0 Å². The van der Waals surface area contributed by atoms with Crippen molar-refractivity contribution in [2.24, 2.45) is 4.36 Å². The molecule has 1 aromatic heterocycles. The van der Waals surface area contributed by atoms with Crippen molar-refractivity contribution >= 4 is 26.4 Å². The van der Waals surface area contributed by atoms with Gasteiger partial charge in [-0.05, 0) is 53.6 Å². The zero-order valence-corrected chi connectivity index (χ0v) is 20.2. The number of aromatic nitrogens is 1. The molecule has 0 spiro atoms. The average Bonchev–Trinajstić information content (AvgIpc) is 3.28. The predicted octanol–water partition coefficient (Wildman–Crippen LogP) is 8.50. The van der Waals surface area contributed by atoms with Crippen LogP contribution in [-0.4, -0.2) is 8.78 Å². The van der Waals surface area contributed by atoms with Gasteiger partial charge in [0, 0.05) is 22.2 Å². The number of para-hydroxylation sites is 2. The maximum absolute atomic E-state index is 14.9. The minimum Gasteiger partial charge on any atom is -0.293 e. The van der Waals surface area contributed by atoms with Gasteiger partial charge < -0.3 is 0 Å². The molecule has 1 aliphatic heterocycles. The fourth-order valence-corrected chi connectivity index (χ4v) is 7.26. The lowest BCUT2D eigenvalue weighted by atomic mass is 9.98. The van der Waals surface area contributed by atoms with E-state index in [1.807, 2.05) is 78.9 Å². The maximum Gasteiger partial charge on any atom is 0.156 e. The molecule has 5 aromatic carbocycles. The van der Waals surface area contributed by atoms with E-state index in [1.165, 1.54) is 0 Å². The zero-order chi connectivity index (χ0) is 24.1. The third-order valence-electron chi connectivity index (χ3n) is 6.80. The highest BCUT2D eigenvalue weighted by Gasteiger charge is 2.32. The fourth-order valence-electron chi connectivity index (χ4n) is 5.15. The Kier molecular flexibility index (Phi) is 4.69. The van der Waals surface area contributed by atoms with E-state index in [-0.39, 0.29) is 0 Å².